The van der Waals surface area contributed by atoms with Crippen molar-refractivity contribution in [3.05, 3.63) is 29.6 Å². The van der Waals surface area contributed by atoms with Gasteiger partial charge in [0.1, 0.15) is 0 Å². The quantitative estimate of drug-likeness (QED) is 0.832. The third kappa shape index (κ3) is 3.84. The number of aryl methyl sites for hydroxylation is 1. The third-order valence-corrected chi connectivity index (χ3v) is 3.63. The number of hydrogen-bond donors (Lipinski definition) is 1. The molecule has 0 saturated carbocycles. The highest BCUT2D eigenvalue weighted by Crippen LogP contribution is 2.15. The molecule has 0 fully saturated rings. The summed E-state index contributed by atoms with van der Waals surface area (Å²) in [5.41, 5.74) is 2.60. The molecule has 3 heteroatoms. The smallest absolute Gasteiger partial charge is 0.0318 e. The topological polar surface area (TPSA) is 24.9 Å². The minimum absolute atomic E-state index is 0.383. The maximum Gasteiger partial charge on any atom is 0.0318 e. The number of nitrogens with zero attached hydrogens (tertiary/aromatic N) is 1. The van der Waals surface area contributed by atoms with Crippen molar-refractivity contribution in [3.63, 3.8) is 0 Å². The molecule has 1 N–H and O–H groups in total. The van der Waals surface area contributed by atoms with Crippen LogP contribution in [0.25, 0.3) is 0 Å². The molecule has 0 aliphatic carbocycles. The van der Waals surface area contributed by atoms with Crippen molar-refractivity contribution < 1.29 is 0 Å². The number of rotatable bonds is 5. The Labute approximate surface area is 96.9 Å². The molecule has 0 aliphatic heterocycles. The highest BCUT2D eigenvalue weighted by Gasteiger charge is 2.08. The van der Waals surface area contributed by atoms with Gasteiger partial charge in [0.15, 0.2) is 0 Å². The molecule has 2 atom stereocenters. The number of thioether (sulfide) groups is 1. The molecule has 0 aromatic carbocycles. The Morgan fingerprint density at radius 2 is 2.20 bits per heavy atom. The fourth-order valence-electron chi connectivity index (χ4n) is 1.47. The average Bonchev–Trinajstić information content (AvgIpc) is 2.26. The first-order valence-electron chi connectivity index (χ1n) is 5.31. The standard InChI is InChI=1S/C12H20N2S/c1-9-5-6-13-8-12(9)11(3)14-7-10(2)15-4/h5-6,8,10-11,14H,7H2,1-4H3. The van der Waals surface area contributed by atoms with Crippen molar-refractivity contribution in [1.29, 1.82) is 0 Å². The monoisotopic (exact) mass is 224 g/mol. The van der Waals surface area contributed by atoms with Crippen LogP contribution in [-0.4, -0.2) is 23.0 Å². The van der Waals surface area contributed by atoms with Crippen LogP contribution in [0.2, 0.25) is 0 Å². The van der Waals surface area contributed by atoms with E-state index in [1.54, 1.807) is 0 Å². The first kappa shape index (κ1) is 12.5. The van der Waals surface area contributed by atoms with Gasteiger partial charge in [0.05, 0.1) is 0 Å². The van der Waals surface area contributed by atoms with Gasteiger partial charge in [0.2, 0.25) is 0 Å². The van der Waals surface area contributed by atoms with Crippen molar-refractivity contribution in [2.75, 3.05) is 12.8 Å². The summed E-state index contributed by atoms with van der Waals surface area (Å²) < 4.78 is 0. The van der Waals surface area contributed by atoms with Crippen LogP contribution in [0.15, 0.2) is 18.5 Å². The van der Waals surface area contributed by atoms with Crippen LogP contribution in [-0.2, 0) is 0 Å². The molecule has 2 unspecified atom stereocenters. The van der Waals surface area contributed by atoms with E-state index < -0.39 is 0 Å². The average molecular weight is 224 g/mol. The van der Waals surface area contributed by atoms with Gasteiger partial charge in [-0.2, -0.15) is 11.8 Å². The van der Waals surface area contributed by atoms with Crippen molar-refractivity contribution in [3.8, 4) is 0 Å². The number of aromatic nitrogens is 1. The van der Waals surface area contributed by atoms with Crippen LogP contribution < -0.4 is 5.32 Å². The second-order valence-electron chi connectivity index (χ2n) is 3.91. The van der Waals surface area contributed by atoms with E-state index in [2.05, 4.69) is 43.4 Å². The SMILES string of the molecule is CSC(C)CNC(C)c1cnccc1C. The van der Waals surface area contributed by atoms with E-state index in [1.807, 2.05) is 24.2 Å². The summed E-state index contributed by atoms with van der Waals surface area (Å²) >= 11 is 1.89. The zero-order valence-corrected chi connectivity index (χ0v) is 10.8. The van der Waals surface area contributed by atoms with Gasteiger partial charge >= 0.3 is 0 Å². The van der Waals surface area contributed by atoms with Crippen molar-refractivity contribution in [2.24, 2.45) is 0 Å². The minimum Gasteiger partial charge on any atom is -0.309 e. The Morgan fingerprint density at radius 3 is 2.80 bits per heavy atom. The summed E-state index contributed by atoms with van der Waals surface area (Å²) in [4.78, 5) is 4.17. The van der Waals surface area contributed by atoms with E-state index in [4.69, 9.17) is 0 Å². The summed E-state index contributed by atoms with van der Waals surface area (Å²) in [7, 11) is 0. The fraction of sp³-hybridized carbons (Fsp3) is 0.583. The summed E-state index contributed by atoms with van der Waals surface area (Å²) in [6, 6.07) is 2.44. The maximum atomic E-state index is 4.17. The molecule has 0 bridgehead atoms. The van der Waals surface area contributed by atoms with Gasteiger partial charge in [-0.1, -0.05) is 6.92 Å². The van der Waals surface area contributed by atoms with E-state index in [1.165, 1.54) is 11.1 Å². The molecule has 2 nitrogen and oxygen atoms in total. The largest absolute Gasteiger partial charge is 0.309 e. The molecule has 1 aromatic heterocycles. The molecule has 0 spiro atoms. The molecule has 15 heavy (non-hydrogen) atoms. The van der Waals surface area contributed by atoms with E-state index in [0.29, 0.717) is 11.3 Å². The van der Waals surface area contributed by atoms with Gasteiger partial charge in [-0.15, -0.1) is 0 Å². The summed E-state index contributed by atoms with van der Waals surface area (Å²) in [6.07, 6.45) is 5.94. The molecule has 1 heterocycles. The normalized spacial score (nSPS) is 14.9. The van der Waals surface area contributed by atoms with Crippen LogP contribution in [0.5, 0.6) is 0 Å². The molecule has 1 aromatic rings. The predicted molar refractivity (Wildman–Crippen MR) is 68.4 cm³/mol. The maximum absolute atomic E-state index is 4.17. The van der Waals surface area contributed by atoms with Crippen LogP contribution >= 0.6 is 11.8 Å². The number of pyridine rings is 1. The number of nitrogens with one attached hydrogen (secondary N) is 1. The number of hydrogen-bond acceptors (Lipinski definition) is 3. The Bertz CT molecular complexity index is 301. The van der Waals surface area contributed by atoms with E-state index in [-0.39, 0.29) is 0 Å². The molecular weight excluding hydrogens is 204 g/mol. The Hall–Kier alpha value is -0.540. The second kappa shape index (κ2) is 6.13. The second-order valence-corrected chi connectivity index (χ2v) is 5.18. The van der Waals surface area contributed by atoms with Gasteiger partial charge in [0, 0.05) is 30.2 Å². The first-order chi connectivity index (χ1) is 7.15. The highest BCUT2D eigenvalue weighted by atomic mass is 32.2. The fourth-order valence-corrected chi connectivity index (χ4v) is 1.73. The molecule has 0 saturated heterocycles. The van der Waals surface area contributed by atoms with Crippen LogP contribution in [0.4, 0.5) is 0 Å². The van der Waals surface area contributed by atoms with Gasteiger partial charge in [-0.05, 0) is 37.3 Å². The molecule has 0 amide bonds. The summed E-state index contributed by atoms with van der Waals surface area (Å²) in [6.45, 7) is 7.60. The predicted octanol–water partition coefficient (Wildman–Crippen LogP) is 2.79. The van der Waals surface area contributed by atoms with Crippen molar-refractivity contribution in [1.82, 2.24) is 10.3 Å². The third-order valence-electron chi connectivity index (χ3n) is 2.66. The Balaban J connectivity index is 2.54. The highest BCUT2D eigenvalue weighted by molar-refractivity contribution is 7.99. The van der Waals surface area contributed by atoms with Gasteiger partial charge in [0.25, 0.3) is 0 Å². The lowest BCUT2D eigenvalue weighted by molar-refractivity contribution is 0.572. The Morgan fingerprint density at radius 1 is 1.47 bits per heavy atom. The summed E-state index contributed by atoms with van der Waals surface area (Å²) in [5, 5.41) is 4.19. The zero-order valence-electron chi connectivity index (χ0n) is 9.95. The van der Waals surface area contributed by atoms with Crippen molar-refractivity contribution in [2.45, 2.75) is 32.1 Å². The van der Waals surface area contributed by atoms with Crippen LogP contribution in [0.1, 0.15) is 31.0 Å². The molecule has 0 aliphatic rings. The van der Waals surface area contributed by atoms with Crippen molar-refractivity contribution >= 4 is 11.8 Å². The van der Waals surface area contributed by atoms with Crippen LogP contribution in [0, 0.1) is 6.92 Å². The molecule has 84 valence electrons. The molecule has 1 rings (SSSR count). The van der Waals surface area contributed by atoms with E-state index in [9.17, 15) is 0 Å². The molecule has 0 radical (unpaired) electrons. The molecular formula is C12H20N2S. The first-order valence-corrected chi connectivity index (χ1v) is 6.60. The lowest BCUT2D eigenvalue weighted by Gasteiger charge is -2.18. The lowest BCUT2D eigenvalue weighted by atomic mass is 10.1. The Kier molecular flexibility index (Phi) is 5.12. The van der Waals surface area contributed by atoms with Gasteiger partial charge in [-0.25, -0.2) is 0 Å². The summed E-state index contributed by atoms with van der Waals surface area (Å²) in [5.74, 6) is 0. The minimum atomic E-state index is 0.383. The van der Waals surface area contributed by atoms with Crippen LogP contribution in [0.3, 0.4) is 0 Å². The van der Waals surface area contributed by atoms with Gasteiger partial charge in [-0.3, -0.25) is 4.98 Å². The lowest BCUT2D eigenvalue weighted by Crippen LogP contribution is -2.26. The van der Waals surface area contributed by atoms with Gasteiger partial charge < -0.3 is 5.32 Å². The van der Waals surface area contributed by atoms with E-state index >= 15 is 0 Å². The zero-order chi connectivity index (χ0) is 11.3. The van der Waals surface area contributed by atoms with E-state index in [0.717, 1.165) is 6.54 Å².